The summed E-state index contributed by atoms with van der Waals surface area (Å²) in [6.45, 7) is 7.76. The molecule has 1 aromatic heterocycles. The van der Waals surface area contributed by atoms with Crippen molar-refractivity contribution in [2.45, 2.75) is 33.8 Å². The highest BCUT2D eigenvalue weighted by Gasteiger charge is 2.16. The number of hydrazone groups is 1. The summed E-state index contributed by atoms with van der Waals surface area (Å²) in [5.74, 6) is 0.949. The molecule has 1 heterocycles. The van der Waals surface area contributed by atoms with Crippen molar-refractivity contribution in [1.82, 2.24) is 4.98 Å². The van der Waals surface area contributed by atoms with Gasteiger partial charge in [0.15, 0.2) is 11.5 Å². The SMILES string of the molecule is CCOC(=O)c1sc(N/N=C\c2ccc(OC)c(OC(C)C)c2)nc1C. The molecule has 0 saturated heterocycles. The van der Waals surface area contributed by atoms with Crippen molar-refractivity contribution < 1.29 is 19.0 Å². The first-order chi connectivity index (χ1) is 12.4. The van der Waals surface area contributed by atoms with Crippen LogP contribution in [-0.2, 0) is 4.74 Å². The summed E-state index contributed by atoms with van der Waals surface area (Å²) in [6.07, 6.45) is 1.68. The minimum atomic E-state index is -0.370. The minimum absolute atomic E-state index is 0.0359. The largest absolute Gasteiger partial charge is 0.493 e. The second kappa shape index (κ2) is 9.19. The minimum Gasteiger partial charge on any atom is -0.493 e. The second-order valence-electron chi connectivity index (χ2n) is 5.60. The van der Waals surface area contributed by atoms with Gasteiger partial charge in [-0.15, -0.1) is 0 Å². The third kappa shape index (κ3) is 5.19. The first-order valence-corrected chi connectivity index (χ1v) is 9.04. The fraction of sp³-hybridized carbons (Fsp3) is 0.389. The summed E-state index contributed by atoms with van der Waals surface area (Å²) >= 11 is 1.21. The van der Waals surface area contributed by atoms with E-state index in [9.17, 15) is 4.79 Å². The van der Waals surface area contributed by atoms with E-state index in [1.807, 2.05) is 32.0 Å². The summed E-state index contributed by atoms with van der Waals surface area (Å²) in [7, 11) is 1.60. The molecule has 0 unspecified atom stereocenters. The molecule has 1 N–H and O–H groups in total. The number of esters is 1. The van der Waals surface area contributed by atoms with E-state index in [-0.39, 0.29) is 12.1 Å². The molecule has 0 spiro atoms. The van der Waals surface area contributed by atoms with Gasteiger partial charge in [-0.25, -0.2) is 9.78 Å². The molecule has 0 atom stereocenters. The van der Waals surface area contributed by atoms with Crippen molar-refractivity contribution in [2.75, 3.05) is 19.1 Å². The van der Waals surface area contributed by atoms with Gasteiger partial charge in [0.25, 0.3) is 0 Å². The molecule has 0 bridgehead atoms. The predicted octanol–water partition coefficient (Wildman–Crippen LogP) is 3.87. The Morgan fingerprint density at radius 3 is 2.81 bits per heavy atom. The normalized spacial score (nSPS) is 11.0. The van der Waals surface area contributed by atoms with E-state index in [2.05, 4.69) is 15.5 Å². The van der Waals surface area contributed by atoms with Gasteiger partial charge < -0.3 is 14.2 Å². The Hall–Kier alpha value is -2.61. The number of aromatic nitrogens is 1. The molecule has 0 aliphatic heterocycles. The Morgan fingerprint density at radius 2 is 2.15 bits per heavy atom. The van der Waals surface area contributed by atoms with Crippen LogP contribution in [0.4, 0.5) is 5.13 Å². The molecule has 0 fully saturated rings. The van der Waals surface area contributed by atoms with E-state index < -0.39 is 0 Å². The van der Waals surface area contributed by atoms with Crippen LogP contribution in [-0.4, -0.2) is 37.0 Å². The maximum absolute atomic E-state index is 11.8. The van der Waals surface area contributed by atoms with Gasteiger partial charge in [0.2, 0.25) is 5.13 Å². The van der Waals surface area contributed by atoms with E-state index in [1.54, 1.807) is 27.2 Å². The van der Waals surface area contributed by atoms with Crippen molar-refractivity contribution in [2.24, 2.45) is 5.10 Å². The Balaban J connectivity index is 2.09. The lowest BCUT2D eigenvalue weighted by Gasteiger charge is -2.13. The predicted molar refractivity (Wildman–Crippen MR) is 103 cm³/mol. The van der Waals surface area contributed by atoms with E-state index in [1.165, 1.54) is 11.3 Å². The number of carbonyl (C=O) groups excluding carboxylic acids is 1. The third-order valence-corrected chi connectivity index (χ3v) is 4.22. The van der Waals surface area contributed by atoms with Crippen LogP contribution in [0.2, 0.25) is 0 Å². The van der Waals surface area contributed by atoms with Crippen LogP contribution in [0.1, 0.15) is 41.7 Å². The molecule has 0 saturated carbocycles. The highest BCUT2D eigenvalue weighted by molar-refractivity contribution is 7.17. The van der Waals surface area contributed by atoms with Crippen LogP contribution in [0.15, 0.2) is 23.3 Å². The van der Waals surface area contributed by atoms with E-state index in [0.717, 1.165) is 5.56 Å². The van der Waals surface area contributed by atoms with Gasteiger partial charge >= 0.3 is 5.97 Å². The van der Waals surface area contributed by atoms with Crippen LogP contribution in [0.5, 0.6) is 11.5 Å². The molecule has 8 heteroatoms. The summed E-state index contributed by atoms with van der Waals surface area (Å²) in [4.78, 5) is 16.6. The molecular weight excluding hydrogens is 354 g/mol. The maximum atomic E-state index is 11.8. The standard InChI is InChI=1S/C18H23N3O4S/c1-6-24-17(22)16-12(4)20-18(26-16)21-19-10-13-7-8-14(23-5)15(9-13)25-11(2)3/h7-11H,6H2,1-5H3,(H,20,21)/b19-10-. The second-order valence-corrected chi connectivity index (χ2v) is 6.60. The third-order valence-electron chi connectivity index (χ3n) is 3.18. The molecular formula is C18H23N3O4S. The summed E-state index contributed by atoms with van der Waals surface area (Å²) < 4.78 is 16.0. The van der Waals surface area contributed by atoms with Crippen molar-refractivity contribution in [3.05, 3.63) is 34.3 Å². The Kier molecular flexibility index (Phi) is 6.97. The zero-order valence-corrected chi connectivity index (χ0v) is 16.3. The number of aryl methyl sites for hydroxylation is 1. The van der Waals surface area contributed by atoms with Gasteiger partial charge in [0.05, 0.1) is 31.7 Å². The fourth-order valence-corrected chi connectivity index (χ4v) is 2.92. The monoisotopic (exact) mass is 377 g/mol. The summed E-state index contributed by atoms with van der Waals surface area (Å²) in [5.41, 5.74) is 4.29. The van der Waals surface area contributed by atoms with Gasteiger partial charge in [-0.3, -0.25) is 5.43 Å². The lowest BCUT2D eigenvalue weighted by molar-refractivity contribution is 0.0531. The fourth-order valence-electron chi connectivity index (χ4n) is 2.11. The summed E-state index contributed by atoms with van der Waals surface area (Å²) in [6, 6.07) is 5.54. The van der Waals surface area contributed by atoms with Crippen LogP contribution in [0, 0.1) is 6.92 Å². The number of benzene rings is 1. The lowest BCUT2D eigenvalue weighted by atomic mass is 10.2. The number of anilines is 1. The Labute approximate surface area is 157 Å². The van der Waals surface area contributed by atoms with Gasteiger partial charge in [-0.1, -0.05) is 11.3 Å². The molecule has 1 aromatic carbocycles. The van der Waals surface area contributed by atoms with Crippen molar-refractivity contribution in [3.8, 4) is 11.5 Å². The molecule has 2 aromatic rings. The van der Waals surface area contributed by atoms with E-state index >= 15 is 0 Å². The number of hydrogen-bond acceptors (Lipinski definition) is 8. The van der Waals surface area contributed by atoms with Crippen molar-refractivity contribution >= 4 is 28.7 Å². The van der Waals surface area contributed by atoms with E-state index in [4.69, 9.17) is 14.2 Å². The number of methoxy groups -OCH3 is 1. The average Bonchev–Trinajstić information content (AvgIpc) is 2.95. The number of ether oxygens (including phenoxy) is 3. The zero-order chi connectivity index (χ0) is 19.1. The van der Waals surface area contributed by atoms with E-state index in [0.29, 0.717) is 33.8 Å². The highest BCUT2D eigenvalue weighted by Crippen LogP contribution is 2.28. The molecule has 0 amide bonds. The molecule has 0 radical (unpaired) electrons. The Bertz CT molecular complexity index is 787. The van der Waals surface area contributed by atoms with Gasteiger partial charge in [-0.2, -0.15) is 5.10 Å². The topological polar surface area (TPSA) is 82.0 Å². The van der Waals surface area contributed by atoms with Crippen molar-refractivity contribution in [1.29, 1.82) is 0 Å². The quantitative estimate of drug-likeness (QED) is 0.427. The number of rotatable bonds is 8. The smallest absolute Gasteiger partial charge is 0.350 e. The molecule has 140 valence electrons. The van der Waals surface area contributed by atoms with Gasteiger partial charge in [0.1, 0.15) is 4.88 Å². The molecule has 2 rings (SSSR count). The van der Waals surface area contributed by atoms with Crippen LogP contribution in [0.3, 0.4) is 0 Å². The molecule has 7 nitrogen and oxygen atoms in total. The lowest BCUT2D eigenvalue weighted by Crippen LogP contribution is -2.07. The van der Waals surface area contributed by atoms with Gasteiger partial charge in [-0.05, 0) is 51.5 Å². The highest BCUT2D eigenvalue weighted by atomic mass is 32.1. The summed E-state index contributed by atoms with van der Waals surface area (Å²) in [5, 5.41) is 4.69. The van der Waals surface area contributed by atoms with Crippen molar-refractivity contribution in [3.63, 3.8) is 0 Å². The molecule has 0 aliphatic rings. The molecule has 26 heavy (non-hydrogen) atoms. The number of hydrogen-bond donors (Lipinski definition) is 1. The average molecular weight is 377 g/mol. The Morgan fingerprint density at radius 1 is 1.38 bits per heavy atom. The first-order valence-electron chi connectivity index (χ1n) is 8.22. The van der Waals surface area contributed by atoms with Crippen LogP contribution < -0.4 is 14.9 Å². The number of nitrogens with zero attached hydrogens (tertiary/aromatic N) is 2. The number of nitrogens with one attached hydrogen (secondary N) is 1. The van der Waals surface area contributed by atoms with Crippen LogP contribution >= 0.6 is 11.3 Å². The first kappa shape index (κ1) is 19.7. The van der Waals surface area contributed by atoms with Gasteiger partial charge in [0, 0.05) is 0 Å². The number of thiazole rings is 1. The number of carbonyl (C=O) groups is 1. The maximum Gasteiger partial charge on any atom is 0.350 e. The molecule has 0 aliphatic carbocycles. The van der Waals surface area contributed by atoms with Crippen LogP contribution in [0.25, 0.3) is 0 Å². The zero-order valence-electron chi connectivity index (χ0n) is 15.5.